The predicted molar refractivity (Wildman–Crippen MR) is 84.2 cm³/mol. The van der Waals surface area contributed by atoms with E-state index in [0.29, 0.717) is 23.0 Å². The van der Waals surface area contributed by atoms with Crippen LogP contribution < -0.4 is 15.4 Å². The molecule has 1 fully saturated rings. The molecule has 6 heteroatoms. The number of piperidine rings is 1. The zero-order chi connectivity index (χ0) is 15.7. The molecular weight excluding hydrogens is 282 g/mol. The van der Waals surface area contributed by atoms with Crippen LogP contribution in [0.5, 0.6) is 5.75 Å². The third-order valence-corrected chi connectivity index (χ3v) is 4.50. The van der Waals surface area contributed by atoms with Gasteiger partial charge in [-0.05, 0) is 37.8 Å². The zero-order valence-electron chi connectivity index (χ0n) is 12.9. The molecule has 0 bridgehead atoms. The van der Waals surface area contributed by atoms with Crippen molar-refractivity contribution in [3.8, 4) is 5.75 Å². The van der Waals surface area contributed by atoms with Crippen molar-refractivity contribution in [1.82, 2.24) is 4.90 Å². The molecule has 2 aliphatic heterocycles. The first kappa shape index (κ1) is 14.7. The predicted octanol–water partition coefficient (Wildman–Crippen LogP) is 2.67. The van der Waals surface area contributed by atoms with Crippen molar-refractivity contribution >= 4 is 23.3 Å². The van der Waals surface area contributed by atoms with E-state index in [0.717, 1.165) is 19.4 Å². The summed E-state index contributed by atoms with van der Waals surface area (Å²) in [5.74, 6) is 0.930. The van der Waals surface area contributed by atoms with Crippen molar-refractivity contribution in [2.24, 2.45) is 5.92 Å². The first-order chi connectivity index (χ1) is 10.5. The third-order valence-electron chi connectivity index (χ3n) is 4.50. The highest BCUT2D eigenvalue weighted by atomic mass is 16.5. The number of nitrogens with zero attached hydrogens (tertiary/aromatic N) is 1. The van der Waals surface area contributed by atoms with Gasteiger partial charge in [0.15, 0.2) is 6.61 Å². The van der Waals surface area contributed by atoms with Crippen LogP contribution in [0.25, 0.3) is 0 Å². The number of carbonyl (C=O) groups excluding carboxylic acids is 2. The van der Waals surface area contributed by atoms with Gasteiger partial charge in [0.1, 0.15) is 5.75 Å². The normalized spacial score (nSPS) is 24.1. The molecule has 0 aromatic heterocycles. The van der Waals surface area contributed by atoms with E-state index >= 15 is 0 Å². The summed E-state index contributed by atoms with van der Waals surface area (Å²) in [5, 5.41) is 5.65. The number of fused-ring (bicyclic) bond motifs is 1. The lowest BCUT2D eigenvalue weighted by molar-refractivity contribution is -0.118. The lowest BCUT2D eigenvalue weighted by Gasteiger charge is -2.37. The fourth-order valence-electron chi connectivity index (χ4n) is 2.97. The summed E-state index contributed by atoms with van der Waals surface area (Å²) in [4.78, 5) is 25.6. The number of hydrogen-bond donors (Lipinski definition) is 2. The van der Waals surface area contributed by atoms with Crippen molar-refractivity contribution < 1.29 is 14.3 Å². The van der Waals surface area contributed by atoms with Crippen LogP contribution in [-0.4, -0.2) is 36.0 Å². The van der Waals surface area contributed by atoms with Gasteiger partial charge in [0, 0.05) is 24.3 Å². The summed E-state index contributed by atoms with van der Waals surface area (Å²) < 4.78 is 5.36. The van der Waals surface area contributed by atoms with Crippen LogP contribution >= 0.6 is 0 Å². The van der Waals surface area contributed by atoms with E-state index in [-0.39, 0.29) is 24.6 Å². The molecule has 0 radical (unpaired) electrons. The highest BCUT2D eigenvalue weighted by Crippen LogP contribution is 2.31. The number of anilines is 2. The Morgan fingerprint density at radius 3 is 3.05 bits per heavy atom. The minimum absolute atomic E-state index is 0.00503. The van der Waals surface area contributed by atoms with Gasteiger partial charge < -0.3 is 20.3 Å². The number of benzene rings is 1. The highest BCUT2D eigenvalue weighted by molar-refractivity contribution is 5.96. The van der Waals surface area contributed by atoms with Crippen LogP contribution in [0.3, 0.4) is 0 Å². The standard InChI is InChI=1S/C16H21N3O3/c1-10-4-3-7-19(11(10)2)16(21)17-12-5-6-13-14(8-12)22-9-15(20)18-13/h5-6,8,10-11H,3-4,7,9H2,1-2H3,(H,17,21)(H,18,20)/t10-,11+/m0/s1. The Morgan fingerprint density at radius 2 is 2.23 bits per heavy atom. The number of likely N-dealkylation sites (tertiary alicyclic amines) is 1. The minimum atomic E-state index is -0.166. The van der Waals surface area contributed by atoms with E-state index < -0.39 is 0 Å². The molecule has 2 aliphatic rings. The third kappa shape index (κ3) is 2.86. The Labute approximate surface area is 129 Å². The Balaban J connectivity index is 1.70. The summed E-state index contributed by atoms with van der Waals surface area (Å²) in [6, 6.07) is 5.40. The number of hydrogen-bond acceptors (Lipinski definition) is 3. The van der Waals surface area contributed by atoms with Crippen LogP contribution in [0.2, 0.25) is 0 Å². The van der Waals surface area contributed by atoms with Crippen molar-refractivity contribution in [3.63, 3.8) is 0 Å². The minimum Gasteiger partial charge on any atom is -0.482 e. The Kier molecular flexibility index (Phi) is 3.92. The van der Waals surface area contributed by atoms with Crippen molar-refractivity contribution in [3.05, 3.63) is 18.2 Å². The number of amides is 3. The molecule has 118 valence electrons. The summed E-state index contributed by atoms with van der Waals surface area (Å²) in [6.45, 7) is 5.06. The SMILES string of the molecule is C[C@@H]1[C@@H](C)CCCN1C(=O)Nc1ccc2c(c1)OCC(=O)N2. The average Bonchev–Trinajstić information content (AvgIpc) is 2.50. The Hall–Kier alpha value is -2.24. The molecule has 2 atom stereocenters. The fourth-order valence-corrected chi connectivity index (χ4v) is 2.97. The fraction of sp³-hybridized carbons (Fsp3) is 0.500. The molecule has 0 spiro atoms. The molecule has 0 aliphatic carbocycles. The Bertz CT molecular complexity index is 602. The van der Waals surface area contributed by atoms with Gasteiger partial charge in [-0.25, -0.2) is 4.79 Å². The average molecular weight is 303 g/mol. The smallest absolute Gasteiger partial charge is 0.322 e. The van der Waals surface area contributed by atoms with E-state index in [1.807, 2.05) is 4.90 Å². The zero-order valence-corrected chi connectivity index (χ0v) is 12.9. The highest BCUT2D eigenvalue weighted by Gasteiger charge is 2.28. The number of carbonyl (C=O) groups is 2. The van der Waals surface area contributed by atoms with E-state index in [9.17, 15) is 9.59 Å². The molecule has 0 saturated carbocycles. The van der Waals surface area contributed by atoms with E-state index in [1.54, 1.807) is 18.2 Å². The maximum Gasteiger partial charge on any atom is 0.322 e. The summed E-state index contributed by atoms with van der Waals surface area (Å²) in [5.41, 5.74) is 1.31. The van der Waals surface area contributed by atoms with E-state index in [2.05, 4.69) is 24.5 Å². The summed E-state index contributed by atoms with van der Waals surface area (Å²) in [6.07, 6.45) is 2.20. The number of ether oxygens (including phenoxy) is 1. The second-order valence-corrected chi connectivity index (χ2v) is 6.03. The van der Waals surface area contributed by atoms with E-state index in [1.165, 1.54) is 0 Å². The molecule has 1 saturated heterocycles. The van der Waals surface area contributed by atoms with E-state index in [4.69, 9.17) is 4.74 Å². The van der Waals surface area contributed by atoms with Gasteiger partial charge in [-0.2, -0.15) is 0 Å². The first-order valence-electron chi connectivity index (χ1n) is 7.69. The van der Waals surface area contributed by atoms with Gasteiger partial charge in [0.25, 0.3) is 5.91 Å². The first-order valence-corrected chi connectivity index (χ1v) is 7.69. The molecule has 3 amide bonds. The number of rotatable bonds is 1. The van der Waals surface area contributed by atoms with Crippen LogP contribution in [0, 0.1) is 5.92 Å². The van der Waals surface area contributed by atoms with Crippen molar-refractivity contribution in [2.45, 2.75) is 32.7 Å². The lowest BCUT2D eigenvalue weighted by atomic mass is 9.92. The van der Waals surface area contributed by atoms with Crippen LogP contribution in [-0.2, 0) is 4.79 Å². The van der Waals surface area contributed by atoms with Gasteiger partial charge in [0.2, 0.25) is 0 Å². The lowest BCUT2D eigenvalue weighted by Crippen LogP contribution is -2.47. The van der Waals surface area contributed by atoms with Crippen LogP contribution in [0.1, 0.15) is 26.7 Å². The summed E-state index contributed by atoms with van der Waals surface area (Å²) >= 11 is 0. The van der Waals surface area contributed by atoms with Gasteiger partial charge in [-0.1, -0.05) is 6.92 Å². The molecule has 1 aromatic rings. The maximum absolute atomic E-state index is 12.4. The van der Waals surface area contributed by atoms with Crippen LogP contribution in [0.15, 0.2) is 18.2 Å². The molecule has 22 heavy (non-hydrogen) atoms. The maximum atomic E-state index is 12.4. The molecule has 0 unspecified atom stereocenters. The topological polar surface area (TPSA) is 70.7 Å². The monoisotopic (exact) mass is 303 g/mol. The molecule has 1 aromatic carbocycles. The number of nitrogens with one attached hydrogen (secondary N) is 2. The van der Waals surface area contributed by atoms with Crippen LogP contribution in [0.4, 0.5) is 16.2 Å². The quantitative estimate of drug-likeness (QED) is 0.838. The molecule has 3 rings (SSSR count). The largest absolute Gasteiger partial charge is 0.482 e. The molecule has 2 heterocycles. The second kappa shape index (κ2) is 5.87. The van der Waals surface area contributed by atoms with Gasteiger partial charge in [0.05, 0.1) is 5.69 Å². The second-order valence-electron chi connectivity index (χ2n) is 6.03. The van der Waals surface area contributed by atoms with Crippen molar-refractivity contribution in [2.75, 3.05) is 23.8 Å². The van der Waals surface area contributed by atoms with Crippen molar-refractivity contribution in [1.29, 1.82) is 0 Å². The molecule has 6 nitrogen and oxygen atoms in total. The van der Waals surface area contributed by atoms with Gasteiger partial charge in [-0.15, -0.1) is 0 Å². The molecule has 2 N–H and O–H groups in total. The van der Waals surface area contributed by atoms with Gasteiger partial charge in [-0.3, -0.25) is 4.79 Å². The Morgan fingerprint density at radius 1 is 1.41 bits per heavy atom. The number of urea groups is 1. The molecular formula is C16H21N3O3. The summed E-state index contributed by atoms with van der Waals surface area (Å²) in [7, 11) is 0. The van der Waals surface area contributed by atoms with Gasteiger partial charge >= 0.3 is 6.03 Å².